The largest absolute Gasteiger partial charge is 0.479 e. The number of rotatable bonds is 2. The third-order valence-electron chi connectivity index (χ3n) is 1.96. The highest BCUT2D eigenvalue weighted by Crippen LogP contribution is 2.25. The Morgan fingerprint density at radius 3 is 2.00 bits per heavy atom. The van der Waals surface area contributed by atoms with E-state index in [4.69, 9.17) is 14.9 Å². The normalized spacial score (nSPS) is 21.7. The van der Waals surface area contributed by atoms with Gasteiger partial charge in [0, 0.05) is 6.61 Å². The summed E-state index contributed by atoms with van der Waals surface area (Å²) in [6.07, 6.45) is 1.36. The van der Waals surface area contributed by atoms with Gasteiger partial charge in [-0.2, -0.15) is 0 Å². The number of hydrogen-bond donors (Lipinski definition) is 2. The van der Waals surface area contributed by atoms with Crippen LogP contribution in [0.25, 0.3) is 0 Å². The van der Waals surface area contributed by atoms with E-state index in [0.29, 0.717) is 6.42 Å². The molecule has 0 aliphatic carbocycles. The van der Waals surface area contributed by atoms with E-state index >= 15 is 0 Å². The van der Waals surface area contributed by atoms with Crippen LogP contribution in [0.1, 0.15) is 19.3 Å². The molecule has 0 aromatic heterocycles. The van der Waals surface area contributed by atoms with Crippen LogP contribution in [0, 0.1) is 0 Å². The Labute approximate surface area is 68.9 Å². The first-order chi connectivity index (χ1) is 5.59. The highest BCUT2D eigenvalue weighted by atomic mass is 16.6. The smallest absolute Gasteiger partial charge is 0.347 e. The van der Waals surface area contributed by atoms with Crippen LogP contribution in [-0.4, -0.2) is 34.4 Å². The number of carboxylic acids is 2. The van der Waals surface area contributed by atoms with Crippen LogP contribution in [0.5, 0.6) is 0 Å². The first-order valence-electron chi connectivity index (χ1n) is 3.70. The number of hydrogen-bond acceptors (Lipinski definition) is 3. The van der Waals surface area contributed by atoms with E-state index in [1.807, 2.05) is 0 Å². The third kappa shape index (κ3) is 1.27. The second-order valence-corrected chi connectivity index (χ2v) is 2.74. The molecule has 1 aliphatic heterocycles. The van der Waals surface area contributed by atoms with Crippen LogP contribution >= 0.6 is 0 Å². The summed E-state index contributed by atoms with van der Waals surface area (Å²) in [6, 6.07) is 0. The van der Waals surface area contributed by atoms with Crippen molar-refractivity contribution in [3.63, 3.8) is 0 Å². The molecule has 5 heteroatoms. The van der Waals surface area contributed by atoms with Crippen molar-refractivity contribution in [1.29, 1.82) is 0 Å². The molecule has 0 atom stereocenters. The summed E-state index contributed by atoms with van der Waals surface area (Å²) in [5.41, 5.74) is -1.99. The molecule has 0 bridgehead atoms. The third-order valence-corrected chi connectivity index (χ3v) is 1.96. The Balaban J connectivity index is 2.84. The van der Waals surface area contributed by atoms with E-state index < -0.39 is 17.5 Å². The molecule has 1 heterocycles. The van der Waals surface area contributed by atoms with Gasteiger partial charge in [0.25, 0.3) is 5.60 Å². The number of carbonyl (C=O) groups is 2. The summed E-state index contributed by atoms with van der Waals surface area (Å²) in [4.78, 5) is 21.2. The van der Waals surface area contributed by atoms with Crippen molar-refractivity contribution >= 4 is 11.9 Å². The van der Waals surface area contributed by atoms with Crippen LogP contribution in [0.15, 0.2) is 0 Å². The molecule has 68 valence electrons. The summed E-state index contributed by atoms with van der Waals surface area (Å²) in [5, 5.41) is 17.3. The summed E-state index contributed by atoms with van der Waals surface area (Å²) < 4.78 is 4.79. The Morgan fingerprint density at radius 2 is 1.75 bits per heavy atom. The topological polar surface area (TPSA) is 83.8 Å². The van der Waals surface area contributed by atoms with Crippen LogP contribution in [0.4, 0.5) is 0 Å². The molecule has 5 nitrogen and oxygen atoms in total. The van der Waals surface area contributed by atoms with Crippen molar-refractivity contribution in [2.45, 2.75) is 24.9 Å². The lowest BCUT2D eigenvalue weighted by molar-refractivity contribution is -0.189. The van der Waals surface area contributed by atoms with E-state index in [1.54, 1.807) is 0 Å². The lowest BCUT2D eigenvalue weighted by Crippen LogP contribution is -2.51. The van der Waals surface area contributed by atoms with Crippen LogP contribution < -0.4 is 0 Å². The maximum absolute atomic E-state index is 10.6. The molecule has 1 aliphatic rings. The summed E-state index contributed by atoms with van der Waals surface area (Å²) in [6.45, 7) is 0.207. The highest BCUT2D eigenvalue weighted by molar-refractivity contribution is 6.01. The fourth-order valence-electron chi connectivity index (χ4n) is 1.22. The molecule has 0 radical (unpaired) electrons. The Morgan fingerprint density at radius 1 is 1.17 bits per heavy atom. The second kappa shape index (κ2) is 3.10. The summed E-state index contributed by atoms with van der Waals surface area (Å²) >= 11 is 0. The zero-order valence-electron chi connectivity index (χ0n) is 6.45. The van der Waals surface area contributed by atoms with Crippen molar-refractivity contribution in [3.05, 3.63) is 0 Å². The van der Waals surface area contributed by atoms with E-state index in [-0.39, 0.29) is 13.0 Å². The van der Waals surface area contributed by atoms with Gasteiger partial charge in [0.05, 0.1) is 0 Å². The number of aliphatic carboxylic acids is 2. The molecule has 12 heavy (non-hydrogen) atoms. The van der Waals surface area contributed by atoms with Gasteiger partial charge in [-0.3, -0.25) is 0 Å². The fourth-order valence-corrected chi connectivity index (χ4v) is 1.22. The van der Waals surface area contributed by atoms with E-state index in [1.165, 1.54) is 0 Å². The molecular weight excluding hydrogens is 164 g/mol. The van der Waals surface area contributed by atoms with Crippen LogP contribution in [0.3, 0.4) is 0 Å². The lowest BCUT2D eigenvalue weighted by atomic mass is 9.94. The molecule has 2 N–H and O–H groups in total. The van der Waals surface area contributed by atoms with Crippen molar-refractivity contribution in [3.8, 4) is 0 Å². The summed E-state index contributed by atoms with van der Waals surface area (Å²) in [5.74, 6) is -2.82. The molecule has 0 aromatic carbocycles. The molecule has 0 aromatic rings. The minimum atomic E-state index is -1.99. The molecule has 0 amide bonds. The van der Waals surface area contributed by atoms with Gasteiger partial charge in [-0.25, -0.2) is 9.59 Å². The predicted octanol–water partition coefficient (Wildman–Crippen LogP) is 0.0949. The standard InChI is InChI=1S/C7H10O5/c8-5(9)7(6(10)11)3-1-2-4-12-7/h1-4H2,(H,8,9)(H,10,11). The molecule has 1 saturated heterocycles. The summed E-state index contributed by atoms with van der Waals surface area (Å²) in [7, 11) is 0. The fraction of sp³-hybridized carbons (Fsp3) is 0.714. The van der Waals surface area contributed by atoms with Gasteiger partial charge in [0.2, 0.25) is 0 Å². The quantitative estimate of drug-likeness (QED) is 0.580. The monoisotopic (exact) mass is 174 g/mol. The Kier molecular flexibility index (Phi) is 2.32. The van der Waals surface area contributed by atoms with Gasteiger partial charge in [-0.05, 0) is 19.3 Å². The maximum atomic E-state index is 10.6. The minimum absolute atomic E-state index is 0.0532. The first kappa shape index (κ1) is 8.99. The van der Waals surface area contributed by atoms with E-state index in [0.717, 1.165) is 6.42 Å². The van der Waals surface area contributed by atoms with Gasteiger partial charge in [-0.15, -0.1) is 0 Å². The molecule has 0 spiro atoms. The molecule has 0 saturated carbocycles. The van der Waals surface area contributed by atoms with Crippen LogP contribution in [-0.2, 0) is 14.3 Å². The zero-order valence-corrected chi connectivity index (χ0v) is 6.45. The second-order valence-electron chi connectivity index (χ2n) is 2.74. The van der Waals surface area contributed by atoms with Crippen molar-refractivity contribution in [2.75, 3.05) is 6.61 Å². The van der Waals surface area contributed by atoms with Crippen molar-refractivity contribution in [1.82, 2.24) is 0 Å². The van der Waals surface area contributed by atoms with Crippen molar-refractivity contribution in [2.24, 2.45) is 0 Å². The lowest BCUT2D eigenvalue weighted by Gasteiger charge is -2.28. The van der Waals surface area contributed by atoms with Gasteiger partial charge in [-0.1, -0.05) is 0 Å². The predicted molar refractivity (Wildman–Crippen MR) is 37.8 cm³/mol. The van der Waals surface area contributed by atoms with Gasteiger partial charge in [0.15, 0.2) is 0 Å². The number of carboxylic acid groups (broad SMARTS) is 2. The van der Waals surface area contributed by atoms with Crippen molar-refractivity contribution < 1.29 is 24.5 Å². The average Bonchev–Trinajstić information content (AvgIpc) is 2.05. The van der Waals surface area contributed by atoms with Crippen LogP contribution in [0.2, 0.25) is 0 Å². The Bertz CT molecular complexity index is 188. The van der Waals surface area contributed by atoms with E-state index in [2.05, 4.69) is 0 Å². The highest BCUT2D eigenvalue weighted by Gasteiger charge is 2.48. The average molecular weight is 174 g/mol. The first-order valence-corrected chi connectivity index (χ1v) is 3.70. The van der Waals surface area contributed by atoms with E-state index in [9.17, 15) is 9.59 Å². The Hall–Kier alpha value is -1.10. The SMILES string of the molecule is O=C(O)C1(C(=O)O)CCCCO1. The molecular formula is C7H10O5. The molecule has 1 rings (SSSR count). The number of ether oxygens (including phenoxy) is 1. The van der Waals surface area contributed by atoms with Gasteiger partial charge in [0.1, 0.15) is 0 Å². The van der Waals surface area contributed by atoms with Gasteiger partial charge < -0.3 is 14.9 Å². The van der Waals surface area contributed by atoms with Gasteiger partial charge >= 0.3 is 11.9 Å². The molecule has 0 unspecified atom stereocenters. The maximum Gasteiger partial charge on any atom is 0.347 e. The molecule has 1 fully saturated rings. The zero-order chi connectivity index (χ0) is 9.19. The minimum Gasteiger partial charge on any atom is -0.479 e.